The number of aryl methyl sites for hydroxylation is 1. The molecule has 0 saturated carbocycles. The number of imide groups is 1. The molecular formula is C20H19F3N4O5. The van der Waals surface area contributed by atoms with Gasteiger partial charge in [-0.2, -0.15) is 13.2 Å². The Hall–Kier alpha value is -3.59. The van der Waals surface area contributed by atoms with Crippen molar-refractivity contribution in [2.75, 3.05) is 6.54 Å². The molecule has 2 amide bonds. The van der Waals surface area contributed by atoms with Crippen molar-refractivity contribution >= 4 is 28.8 Å². The number of nitrogens with two attached hydrogens (primary N) is 1. The van der Waals surface area contributed by atoms with Crippen molar-refractivity contribution in [3.05, 3.63) is 34.2 Å². The number of aromatic nitrogens is 2. The van der Waals surface area contributed by atoms with Crippen molar-refractivity contribution in [1.82, 2.24) is 14.2 Å². The zero-order valence-electron chi connectivity index (χ0n) is 16.9. The van der Waals surface area contributed by atoms with Crippen molar-refractivity contribution in [3.8, 4) is 11.8 Å². The lowest BCUT2D eigenvalue weighted by Gasteiger charge is -2.29. The second-order valence-corrected chi connectivity index (χ2v) is 7.07. The fourth-order valence-electron chi connectivity index (χ4n) is 3.31. The van der Waals surface area contributed by atoms with E-state index in [1.165, 1.54) is 11.6 Å². The van der Waals surface area contributed by atoms with Crippen LogP contribution in [0.5, 0.6) is 0 Å². The summed E-state index contributed by atoms with van der Waals surface area (Å²) >= 11 is 0. The average molecular weight is 452 g/mol. The van der Waals surface area contributed by atoms with Crippen molar-refractivity contribution in [2.45, 2.75) is 37.9 Å². The van der Waals surface area contributed by atoms with Crippen LogP contribution in [-0.2, 0) is 26.3 Å². The molecule has 2 N–H and O–H groups in total. The maximum atomic E-state index is 12.8. The van der Waals surface area contributed by atoms with Gasteiger partial charge in [-0.25, -0.2) is 9.59 Å². The van der Waals surface area contributed by atoms with Crippen molar-refractivity contribution in [1.29, 1.82) is 0 Å². The molecule has 12 heteroatoms. The standard InChI is InChI=1S/C20H19F3N4O5/c1-25-15-11-12(5-3-2-4-10-24)6-7-13(15)26(19(25)31)14-8-9-16(28)27(17(14)29)32-18(30)20(21,22)23/h6-7,11,14H,2,4,8-10,24H2,1H3. The molecule has 1 unspecified atom stereocenters. The zero-order chi connectivity index (χ0) is 23.6. The molecule has 32 heavy (non-hydrogen) atoms. The first-order valence-corrected chi connectivity index (χ1v) is 9.62. The highest BCUT2D eigenvalue weighted by Gasteiger charge is 2.47. The van der Waals surface area contributed by atoms with Crippen LogP contribution in [0.25, 0.3) is 11.0 Å². The van der Waals surface area contributed by atoms with Crippen LogP contribution in [0.2, 0.25) is 0 Å². The Balaban J connectivity index is 1.97. The van der Waals surface area contributed by atoms with Gasteiger partial charge in [-0.3, -0.25) is 18.7 Å². The molecule has 0 spiro atoms. The Kier molecular flexibility index (Phi) is 6.40. The summed E-state index contributed by atoms with van der Waals surface area (Å²) in [6, 6.07) is 3.50. The predicted molar refractivity (Wildman–Crippen MR) is 105 cm³/mol. The molecular weight excluding hydrogens is 433 g/mol. The molecule has 1 atom stereocenters. The van der Waals surface area contributed by atoms with Crippen LogP contribution in [0.15, 0.2) is 23.0 Å². The molecule has 3 rings (SSSR count). The van der Waals surface area contributed by atoms with E-state index < -0.39 is 42.1 Å². The number of piperidine rings is 1. The number of halogens is 3. The van der Waals surface area contributed by atoms with Gasteiger partial charge in [0.25, 0.3) is 11.8 Å². The molecule has 0 bridgehead atoms. The maximum absolute atomic E-state index is 12.8. The van der Waals surface area contributed by atoms with Gasteiger partial charge in [0.05, 0.1) is 11.0 Å². The molecule has 1 saturated heterocycles. The molecule has 9 nitrogen and oxygen atoms in total. The highest BCUT2D eigenvalue weighted by molar-refractivity contribution is 6.00. The van der Waals surface area contributed by atoms with E-state index in [1.54, 1.807) is 18.2 Å². The molecule has 2 heterocycles. The Morgan fingerprint density at radius 2 is 1.97 bits per heavy atom. The minimum Gasteiger partial charge on any atom is -0.330 e. The number of fused-ring (bicyclic) bond motifs is 1. The van der Waals surface area contributed by atoms with E-state index in [-0.39, 0.29) is 11.5 Å². The zero-order valence-corrected chi connectivity index (χ0v) is 16.9. The van der Waals surface area contributed by atoms with Crippen molar-refractivity contribution in [2.24, 2.45) is 12.8 Å². The monoisotopic (exact) mass is 452 g/mol. The lowest BCUT2D eigenvalue weighted by atomic mass is 10.1. The largest absolute Gasteiger partial charge is 0.493 e. The molecule has 0 radical (unpaired) electrons. The summed E-state index contributed by atoms with van der Waals surface area (Å²) in [6.45, 7) is 0.512. The van der Waals surface area contributed by atoms with E-state index in [2.05, 4.69) is 16.7 Å². The normalized spacial score (nSPS) is 16.8. The first kappa shape index (κ1) is 23.1. The smallest absolute Gasteiger partial charge is 0.330 e. The number of rotatable bonds is 4. The number of alkyl halides is 3. The number of hydrogen-bond acceptors (Lipinski definition) is 6. The second-order valence-electron chi connectivity index (χ2n) is 7.07. The lowest BCUT2D eigenvalue weighted by Crippen LogP contribution is -2.49. The van der Waals surface area contributed by atoms with Gasteiger partial charge >= 0.3 is 17.8 Å². The number of imidazole rings is 1. The molecule has 1 aliphatic heterocycles. The lowest BCUT2D eigenvalue weighted by molar-refractivity contribution is -0.238. The van der Waals surface area contributed by atoms with Crippen molar-refractivity contribution < 1.29 is 32.4 Å². The number of nitrogens with zero attached hydrogens (tertiary/aromatic N) is 3. The number of carbonyl (C=O) groups excluding carboxylic acids is 3. The first-order valence-electron chi connectivity index (χ1n) is 9.62. The van der Waals surface area contributed by atoms with E-state index in [9.17, 15) is 32.3 Å². The van der Waals surface area contributed by atoms with E-state index >= 15 is 0 Å². The third kappa shape index (κ3) is 4.38. The summed E-state index contributed by atoms with van der Waals surface area (Å²) in [4.78, 5) is 52.6. The summed E-state index contributed by atoms with van der Waals surface area (Å²) in [5.41, 5.74) is 6.18. The molecule has 0 aliphatic carbocycles. The Morgan fingerprint density at radius 1 is 1.25 bits per heavy atom. The molecule has 170 valence electrons. The summed E-state index contributed by atoms with van der Waals surface area (Å²) in [7, 11) is 1.46. The maximum Gasteiger partial charge on any atom is 0.493 e. The van der Waals surface area contributed by atoms with Gasteiger partial charge in [0, 0.05) is 25.5 Å². The number of amides is 2. The van der Waals surface area contributed by atoms with Crippen LogP contribution in [0.4, 0.5) is 13.2 Å². The summed E-state index contributed by atoms with van der Waals surface area (Å²) in [5, 5.41) is -0.216. The van der Waals surface area contributed by atoms with Crippen LogP contribution < -0.4 is 11.4 Å². The number of benzene rings is 1. The van der Waals surface area contributed by atoms with E-state index in [4.69, 9.17) is 5.73 Å². The fraction of sp³-hybridized carbons (Fsp3) is 0.400. The highest BCUT2D eigenvalue weighted by Crippen LogP contribution is 2.28. The molecule has 1 aromatic heterocycles. The molecule has 1 aliphatic rings. The van der Waals surface area contributed by atoms with Crippen LogP contribution in [0, 0.1) is 11.8 Å². The molecule has 1 fully saturated rings. The van der Waals surface area contributed by atoms with Crippen LogP contribution in [0.1, 0.15) is 37.3 Å². The number of unbranched alkanes of at least 4 members (excludes halogenated alkanes) is 1. The number of hydroxylamine groups is 2. The van der Waals surface area contributed by atoms with Crippen LogP contribution >= 0.6 is 0 Å². The van der Waals surface area contributed by atoms with E-state index in [0.717, 1.165) is 11.0 Å². The first-order chi connectivity index (χ1) is 15.1. The van der Waals surface area contributed by atoms with Gasteiger partial charge in [-0.1, -0.05) is 11.8 Å². The average Bonchev–Trinajstić information content (AvgIpc) is 2.98. The van der Waals surface area contributed by atoms with Crippen molar-refractivity contribution in [3.63, 3.8) is 0 Å². The van der Waals surface area contributed by atoms with Gasteiger partial charge in [0.2, 0.25) is 0 Å². The molecule has 1 aromatic carbocycles. The predicted octanol–water partition coefficient (Wildman–Crippen LogP) is 1.14. The topological polar surface area (TPSA) is 117 Å². The highest BCUT2D eigenvalue weighted by atomic mass is 19.4. The van der Waals surface area contributed by atoms with E-state index in [1.807, 2.05) is 0 Å². The van der Waals surface area contributed by atoms with Gasteiger partial charge in [0.1, 0.15) is 6.04 Å². The second kappa shape index (κ2) is 8.88. The summed E-state index contributed by atoms with van der Waals surface area (Å²) in [6.07, 6.45) is -4.59. The Labute approximate surface area is 179 Å². The number of carbonyl (C=O) groups is 3. The SMILES string of the molecule is Cn1c(=O)n(C2CCC(=O)N(OC(=O)C(F)(F)F)C2=O)c2ccc(C#CCCCN)cc21. The quantitative estimate of drug-likeness (QED) is 0.423. The van der Waals surface area contributed by atoms with Crippen LogP contribution in [-0.4, -0.2) is 44.7 Å². The minimum atomic E-state index is -5.40. The number of hydrogen-bond donors (Lipinski definition) is 1. The Morgan fingerprint density at radius 3 is 2.62 bits per heavy atom. The van der Waals surface area contributed by atoms with Gasteiger partial charge in [-0.05, 0) is 37.6 Å². The Bertz CT molecular complexity index is 1200. The van der Waals surface area contributed by atoms with Gasteiger partial charge in [0.15, 0.2) is 0 Å². The third-order valence-electron chi connectivity index (χ3n) is 4.89. The van der Waals surface area contributed by atoms with Gasteiger partial charge in [-0.15, -0.1) is 5.06 Å². The van der Waals surface area contributed by atoms with E-state index in [0.29, 0.717) is 29.6 Å². The fourth-order valence-corrected chi connectivity index (χ4v) is 3.31. The van der Waals surface area contributed by atoms with Gasteiger partial charge < -0.3 is 10.6 Å². The summed E-state index contributed by atoms with van der Waals surface area (Å²) in [5.74, 6) is 0.860. The minimum absolute atomic E-state index is 0.141. The molecule has 2 aromatic rings. The van der Waals surface area contributed by atoms with Crippen LogP contribution in [0.3, 0.4) is 0 Å². The third-order valence-corrected chi connectivity index (χ3v) is 4.89. The summed E-state index contributed by atoms with van der Waals surface area (Å²) < 4.78 is 39.9.